The van der Waals surface area contributed by atoms with E-state index in [1.807, 2.05) is 19.2 Å². The number of aryl methyl sites for hydroxylation is 2. The smallest absolute Gasteiger partial charge is 0.277 e. The van der Waals surface area contributed by atoms with Gasteiger partial charge < -0.3 is 10.4 Å². The number of nitrogens with one attached hydrogen (secondary N) is 1. The van der Waals surface area contributed by atoms with E-state index in [0.717, 1.165) is 41.2 Å². The molecule has 2 unspecified atom stereocenters. The zero-order valence-electron chi connectivity index (χ0n) is 15.3. The molecule has 6 nitrogen and oxygen atoms in total. The molecular formula is C18H26N4O2S. The molecule has 0 spiro atoms. The van der Waals surface area contributed by atoms with Gasteiger partial charge in [0.25, 0.3) is 5.56 Å². The molecule has 1 fully saturated rings. The van der Waals surface area contributed by atoms with Gasteiger partial charge in [-0.25, -0.2) is 9.67 Å². The van der Waals surface area contributed by atoms with Crippen molar-refractivity contribution < 1.29 is 5.11 Å². The quantitative estimate of drug-likeness (QED) is 0.852. The minimum Gasteiger partial charge on any atom is -0.396 e. The lowest BCUT2D eigenvalue weighted by Crippen LogP contribution is -2.41. The Hall–Kier alpha value is -1.57. The van der Waals surface area contributed by atoms with Crippen LogP contribution in [0.4, 0.5) is 0 Å². The fourth-order valence-electron chi connectivity index (χ4n) is 3.60. The number of nitrogens with zero attached hydrogens (tertiary/aromatic N) is 3. The summed E-state index contributed by atoms with van der Waals surface area (Å²) in [5.41, 5.74) is 3.15. The summed E-state index contributed by atoms with van der Waals surface area (Å²) in [4.78, 5) is 17.1. The topological polar surface area (TPSA) is 80.0 Å². The van der Waals surface area contributed by atoms with E-state index in [9.17, 15) is 9.90 Å². The van der Waals surface area contributed by atoms with Gasteiger partial charge in [0.1, 0.15) is 5.01 Å². The zero-order chi connectivity index (χ0) is 18.2. The van der Waals surface area contributed by atoms with Gasteiger partial charge in [0.2, 0.25) is 0 Å². The number of hydrogen-bond acceptors (Lipinski definition) is 6. The summed E-state index contributed by atoms with van der Waals surface area (Å²) in [6.45, 7) is 6.82. The number of rotatable bonds is 5. The van der Waals surface area contributed by atoms with E-state index in [-0.39, 0.29) is 17.6 Å². The van der Waals surface area contributed by atoms with Gasteiger partial charge in [-0.05, 0) is 32.3 Å². The van der Waals surface area contributed by atoms with Gasteiger partial charge in [0.15, 0.2) is 0 Å². The second-order valence-corrected chi connectivity index (χ2v) is 8.15. The number of hydrogen-bond donors (Lipinski definition) is 2. The van der Waals surface area contributed by atoms with Crippen LogP contribution in [0.3, 0.4) is 0 Å². The summed E-state index contributed by atoms with van der Waals surface area (Å²) in [6, 6.07) is 0.306. The standard InChI is InChI=1S/C18H26N4O2S/c1-11-12(2)21-22(4)17(24)15(11)16-20-13(9-25-16)8-19-14-6-5-7-18(14,3)10-23/h9,14,19,23H,5-8,10H2,1-4H3. The van der Waals surface area contributed by atoms with Gasteiger partial charge >= 0.3 is 0 Å². The summed E-state index contributed by atoms with van der Waals surface area (Å²) in [7, 11) is 1.67. The maximum atomic E-state index is 12.5. The zero-order valence-corrected chi connectivity index (χ0v) is 16.1. The molecule has 1 saturated carbocycles. The van der Waals surface area contributed by atoms with Crippen molar-refractivity contribution in [2.75, 3.05) is 6.61 Å². The van der Waals surface area contributed by atoms with Crippen molar-refractivity contribution >= 4 is 11.3 Å². The van der Waals surface area contributed by atoms with Crippen LogP contribution in [0.5, 0.6) is 0 Å². The van der Waals surface area contributed by atoms with Crippen LogP contribution in [0.25, 0.3) is 10.6 Å². The Morgan fingerprint density at radius 3 is 2.96 bits per heavy atom. The van der Waals surface area contributed by atoms with Gasteiger partial charge in [-0.15, -0.1) is 11.3 Å². The lowest BCUT2D eigenvalue weighted by atomic mass is 9.86. The molecule has 2 aromatic rings. The third-order valence-electron chi connectivity index (χ3n) is 5.46. The van der Waals surface area contributed by atoms with E-state index in [4.69, 9.17) is 0 Å². The molecule has 1 aliphatic rings. The molecule has 136 valence electrons. The van der Waals surface area contributed by atoms with Crippen LogP contribution >= 0.6 is 11.3 Å². The Labute approximate surface area is 151 Å². The highest BCUT2D eigenvalue weighted by Crippen LogP contribution is 2.37. The summed E-state index contributed by atoms with van der Waals surface area (Å²) >= 11 is 1.49. The van der Waals surface area contributed by atoms with Crippen LogP contribution < -0.4 is 10.9 Å². The van der Waals surface area contributed by atoms with E-state index in [1.54, 1.807) is 7.05 Å². The van der Waals surface area contributed by atoms with E-state index in [0.29, 0.717) is 18.2 Å². The lowest BCUT2D eigenvalue weighted by molar-refractivity contribution is 0.118. The van der Waals surface area contributed by atoms with Crippen LogP contribution in [0.2, 0.25) is 0 Å². The molecule has 0 aromatic carbocycles. The first-order valence-corrected chi connectivity index (χ1v) is 9.57. The van der Waals surface area contributed by atoms with E-state index < -0.39 is 0 Å². The van der Waals surface area contributed by atoms with Crippen molar-refractivity contribution in [3.8, 4) is 10.6 Å². The van der Waals surface area contributed by atoms with Crippen LogP contribution in [-0.2, 0) is 13.6 Å². The average molecular weight is 362 g/mol. The Kier molecular flexibility index (Phi) is 5.09. The normalized spacial score (nSPS) is 23.3. The van der Waals surface area contributed by atoms with Crippen molar-refractivity contribution in [3.05, 3.63) is 32.7 Å². The fraction of sp³-hybridized carbons (Fsp3) is 0.611. The molecule has 2 N–H and O–H groups in total. The molecule has 0 radical (unpaired) electrons. The van der Waals surface area contributed by atoms with E-state index >= 15 is 0 Å². The molecule has 25 heavy (non-hydrogen) atoms. The Balaban J connectivity index is 1.79. The van der Waals surface area contributed by atoms with Crippen LogP contribution in [0, 0.1) is 19.3 Å². The Bertz CT molecular complexity index is 829. The van der Waals surface area contributed by atoms with Crippen LogP contribution in [-0.4, -0.2) is 32.5 Å². The van der Waals surface area contributed by atoms with Gasteiger partial charge in [0.05, 0.1) is 17.0 Å². The van der Waals surface area contributed by atoms with E-state index in [2.05, 4.69) is 22.3 Å². The molecule has 0 saturated heterocycles. The fourth-order valence-corrected chi connectivity index (χ4v) is 4.51. The third kappa shape index (κ3) is 3.41. The molecule has 3 rings (SSSR count). The van der Waals surface area contributed by atoms with Gasteiger partial charge in [-0.2, -0.15) is 5.10 Å². The maximum Gasteiger partial charge on any atom is 0.277 e. The van der Waals surface area contributed by atoms with E-state index in [1.165, 1.54) is 16.0 Å². The highest BCUT2D eigenvalue weighted by atomic mass is 32.1. The second kappa shape index (κ2) is 6.97. The Morgan fingerprint density at radius 1 is 1.48 bits per heavy atom. The van der Waals surface area contributed by atoms with Gasteiger partial charge in [-0.1, -0.05) is 13.3 Å². The largest absolute Gasteiger partial charge is 0.396 e. The molecular weight excluding hydrogens is 336 g/mol. The minimum atomic E-state index is -0.111. The number of aliphatic hydroxyl groups is 1. The number of aromatic nitrogens is 3. The minimum absolute atomic E-state index is 0.0480. The highest BCUT2D eigenvalue weighted by Gasteiger charge is 2.37. The summed E-state index contributed by atoms with van der Waals surface area (Å²) in [6.07, 6.45) is 3.27. The average Bonchev–Trinajstić information content (AvgIpc) is 3.19. The number of thiazole rings is 1. The predicted molar refractivity (Wildman–Crippen MR) is 99.7 cm³/mol. The molecule has 2 atom stereocenters. The maximum absolute atomic E-state index is 12.5. The molecule has 0 aliphatic heterocycles. The monoisotopic (exact) mass is 362 g/mol. The predicted octanol–water partition coefficient (Wildman–Crippen LogP) is 2.16. The molecule has 2 aromatic heterocycles. The van der Waals surface area contributed by atoms with Crippen molar-refractivity contribution in [3.63, 3.8) is 0 Å². The molecule has 2 heterocycles. The van der Waals surface area contributed by atoms with Crippen molar-refractivity contribution in [2.24, 2.45) is 12.5 Å². The highest BCUT2D eigenvalue weighted by molar-refractivity contribution is 7.13. The van der Waals surface area contributed by atoms with Gasteiger partial charge in [-0.3, -0.25) is 4.79 Å². The molecule has 0 amide bonds. The number of aliphatic hydroxyl groups excluding tert-OH is 1. The van der Waals surface area contributed by atoms with Crippen molar-refractivity contribution in [2.45, 2.75) is 52.6 Å². The lowest BCUT2D eigenvalue weighted by Gasteiger charge is -2.30. The van der Waals surface area contributed by atoms with Crippen molar-refractivity contribution in [1.82, 2.24) is 20.1 Å². The Morgan fingerprint density at radius 2 is 2.24 bits per heavy atom. The third-order valence-corrected chi connectivity index (χ3v) is 6.37. The molecule has 7 heteroatoms. The van der Waals surface area contributed by atoms with Crippen LogP contribution in [0.1, 0.15) is 43.1 Å². The summed E-state index contributed by atoms with van der Waals surface area (Å²) in [5.74, 6) is 0. The summed E-state index contributed by atoms with van der Waals surface area (Å²) < 4.78 is 1.38. The first kappa shape index (κ1) is 18.2. The SMILES string of the molecule is Cc1nn(C)c(=O)c(-c2nc(CNC3CCCC3(C)CO)cs2)c1C. The van der Waals surface area contributed by atoms with Crippen LogP contribution in [0.15, 0.2) is 10.2 Å². The van der Waals surface area contributed by atoms with Gasteiger partial charge in [0, 0.05) is 37.0 Å². The first-order valence-electron chi connectivity index (χ1n) is 8.69. The molecule has 0 bridgehead atoms. The second-order valence-electron chi connectivity index (χ2n) is 7.30. The molecule has 1 aliphatic carbocycles. The van der Waals surface area contributed by atoms with Crippen molar-refractivity contribution in [1.29, 1.82) is 0 Å². The first-order chi connectivity index (χ1) is 11.9. The summed E-state index contributed by atoms with van der Waals surface area (Å²) in [5, 5.41) is 20.2.